The van der Waals surface area contributed by atoms with E-state index < -0.39 is 6.10 Å². The third kappa shape index (κ3) is 1.44. The zero-order valence-electron chi connectivity index (χ0n) is 6.97. The summed E-state index contributed by atoms with van der Waals surface area (Å²) in [4.78, 5) is 0. The zero-order chi connectivity index (χ0) is 9.26. The van der Waals surface area contributed by atoms with E-state index in [4.69, 9.17) is 5.73 Å². The maximum Gasteiger partial charge on any atom is 0.0919 e. The fourth-order valence-corrected chi connectivity index (χ4v) is 2.01. The molecule has 0 bridgehead atoms. The van der Waals surface area contributed by atoms with Gasteiger partial charge in [-0.05, 0) is 23.2 Å². The van der Waals surface area contributed by atoms with Gasteiger partial charge in [-0.25, -0.2) is 0 Å². The first-order valence-corrected chi connectivity index (χ1v) is 4.81. The van der Waals surface area contributed by atoms with Crippen molar-refractivity contribution >= 4 is 21.6 Å². The van der Waals surface area contributed by atoms with Gasteiger partial charge in [-0.15, -0.1) is 0 Å². The largest absolute Gasteiger partial charge is 0.387 e. The number of nitrogens with zero attached hydrogens (tertiary/aromatic N) is 1. The summed E-state index contributed by atoms with van der Waals surface area (Å²) in [5, 5.41) is 10.6. The molecule has 0 aliphatic rings. The highest BCUT2D eigenvalue weighted by Crippen LogP contribution is 2.25. The van der Waals surface area contributed by atoms with Gasteiger partial charge in [-0.1, -0.05) is 12.1 Å². The molecule has 0 saturated heterocycles. The molecule has 2 aromatic rings. The van der Waals surface area contributed by atoms with E-state index in [1.807, 2.05) is 18.2 Å². The fourth-order valence-electron chi connectivity index (χ4n) is 1.33. The number of hydrogen-bond donors (Lipinski definition) is 2. The van der Waals surface area contributed by atoms with E-state index in [0.717, 1.165) is 15.6 Å². The maximum atomic E-state index is 9.60. The maximum absolute atomic E-state index is 9.60. The van der Waals surface area contributed by atoms with Crippen LogP contribution in [0.25, 0.3) is 10.1 Å². The number of rotatable bonds is 2. The number of nitrogens with two attached hydrogens (primary N) is 1. The predicted octanol–water partition coefficient (Wildman–Crippen LogP) is 1.29. The summed E-state index contributed by atoms with van der Waals surface area (Å²) in [6.45, 7) is 0.245. The predicted molar refractivity (Wildman–Crippen MR) is 53.6 cm³/mol. The van der Waals surface area contributed by atoms with Gasteiger partial charge < -0.3 is 10.8 Å². The van der Waals surface area contributed by atoms with Crippen LogP contribution in [0.4, 0.5) is 0 Å². The molecule has 1 aromatic heterocycles. The summed E-state index contributed by atoms with van der Waals surface area (Å²) in [7, 11) is 0. The van der Waals surface area contributed by atoms with Crippen LogP contribution < -0.4 is 5.73 Å². The first-order chi connectivity index (χ1) is 6.33. The van der Waals surface area contributed by atoms with Crippen molar-refractivity contribution in [2.24, 2.45) is 5.73 Å². The van der Waals surface area contributed by atoms with Gasteiger partial charge in [0.05, 0.1) is 10.8 Å². The van der Waals surface area contributed by atoms with Crippen molar-refractivity contribution in [3.8, 4) is 0 Å². The average molecular weight is 194 g/mol. The second kappa shape index (κ2) is 3.41. The monoisotopic (exact) mass is 194 g/mol. The lowest BCUT2D eigenvalue weighted by atomic mass is 10.1. The van der Waals surface area contributed by atoms with E-state index in [9.17, 15) is 5.11 Å². The van der Waals surface area contributed by atoms with Crippen LogP contribution in [0.1, 0.15) is 11.7 Å². The van der Waals surface area contributed by atoms with Gasteiger partial charge in [0.1, 0.15) is 0 Å². The number of fused-ring (bicyclic) bond motifs is 1. The summed E-state index contributed by atoms with van der Waals surface area (Å²) in [6, 6.07) is 5.78. The minimum absolute atomic E-state index is 0.245. The second-order valence-corrected chi connectivity index (χ2v) is 3.67. The highest BCUT2D eigenvalue weighted by atomic mass is 32.1. The molecule has 0 saturated carbocycles. The van der Waals surface area contributed by atoms with Crippen LogP contribution in [0.15, 0.2) is 24.4 Å². The Bertz CT molecular complexity index is 413. The van der Waals surface area contributed by atoms with E-state index in [0.29, 0.717) is 0 Å². The quantitative estimate of drug-likeness (QED) is 0.757. The Kier molecular flexibility index (Phi) is 2.26. The smallest absolute Gasteiger partial charge is 0.0919 e. The third-order valence-electron chi connectivity index (χ3n) is 2.01. The van der Waals surface area contributed by atoms with Crippen LogP contribution in [0, 0.1) is 0 Å². The van der Waals surface area contributed by atoms with Crippen molar-refractivity contribution < 1.29 is 5.11 Å². The van der Waals surface area contributed by atoms with Crippen molar-refractivity contribution in [2.75, 3.05) is 6.54 Å². The summed E-state index contributed by atoms with van der Waals surface area (Å²) in [5.41, 5.74) is 6.27. The molecule has 2 rings (SSSR count). The Morgan fingerprint density at radius 1 is 1.54 bits per heavy atom. The second-order valence-electron chi connectivity index (χ2n) is 2.84. The lowest BCUT2D eigenvalue weighted by Gasteiger charge is -2.08. The highest BCUT2D eigenvalue weighted by molar-refractivity contribution is 7.13. The molecule has 4 heteroatoms. The summed E-state index contributed by atoms with van der Waals surface area (Å²) >= 11 is 1.43. The summed E-state index contributed by atoms with van der Waals surface area (Å²) in [5.74, 6) is 0. The van der Waals surface area contributed by atoms with Crippen LogP contribution in [0.2, 0.25) is 0 Å². The van der Waals surface area contributed by atoms with Crippen molar-refractivity contribution in [1.29, 1.82) is 0 Å². The molecular formula is C9H10N2OS. The molecule has 0 fully saturated rings. The molecular weight excluding hydrogens is 184 g/mol. The van der Waals surface area contributed by atoms with E-state index >= 15 is 0 Å². The summed E-state index contributed by atoms with van der Waals surface area (Å²) < 4.78 is 5.16. The number of aliphatic hydroxyl groups excluding tert-OH is 1. The lowest BCUT2D eigenvalue weighted by Crippen LogP contribution is -2.11. The van der Waals surface area contributed by atoms with Gasteiger partial charge in [-0.2, -0.15) is 4.37 Å². The topological polar surface area (TPSA) is 59.1 Å². The molecule has 68 valence electrons. The van der Waals surface area contributed by atoms with E-state index in [1.165, 1.54) is 11.5 Å². The molecule has 1 unspecified atom stereocenters. The van der Waals surface area contributed by atoms with Gasteiger partial charge in [-0.3, -0.25) is 0 Å². The Balaban J connectivity index is 2.60. The number of aromatic nitrogens is 1. The Hall–Kier alpha value is -0.970. The van der Waals surface area contributed by atoms with Gasteiger partial charge in [0.15, 0.2) is 0 Å². The Labute approximate surface area is 80.0 Å². The third-order valence-corrected chi connectivity index (χ3v) is 2.78. The van der Waals surface area contributed by atoms with Crippen molar-refractivity contribution in [1.82, 2.24) is 4.37 Å². The van der Waals surface area contributed by atoms with E-state index in [-0.39, 0.29) is 6.54 Å². The van der Waals surface area contributed by atoms with Crippen molar-refractivity contribution in [2.45, 2.75) is 6.10 Å². The van der Waals surface area contributed by atoms with Crippen LogP contribution in [-0.4, -0.2) is 16.0 Å². The molecule has 1 heterocycles. The number of benzene rings is 1. The molecule has 0 radical (unpaired) electrons. The molecule has 0 aliphatic heterocycles. The van der Waals surface area contributed by atoms with Gasteiger partial charge in [0.25, 0.3) is 0 Å². The van der Waals surface area contributed by atoms with Crippen molar-refractivity contribution in [3.63, 3.8) is 0 Å². The molecule has 3 nitrogen and oxygen atoms in total. The van der Waals surface area contributed by atoms with Crippen LogP contribution in [0.5, 0.6) is 0 Å². The molecule has 13 heavy (non-hydrogen) atoms. The normalized spacial score (nSPS) is 13.4. The van der Waals surface area contributed by atoms with E-state index in [2.05, 4.69) is 4.37 Å². The molecule has 1 atom stereocenters. The Morgan fingerprint density at radius 3 is 3.15 bits per heavy atom. The molecule has 0 spiro atoms. The standard InChI is InChI=1S/C9H10N2OS/c10-4-8(12)6-2-1-3-9-7(6)5-11-13-9/h1-3,5,8,12H,4,10H2. The average Bonchev–Trinajstić information content (AvgIpc) is 2.63. The first-order valence-electron chi connectivity index (χ1n) is 4.04. The molecule has 3 N–H and O–H groups in total. The Morgan fingerprint density at radius 2 is 2.38 bits per heavy atom. The van der Waals surface area contributed by atoms with Gasteiger partial charge >= 0.3 is 0 Å². The first kappa shape index (κ1) is 8.62. The zero-order valence-corrected chi connectivity index (χ0v) is 7.79. The minimum atomic E-state index is -0.583. The fraction of sp³-hybridized carbons (Fsp3) is 0.222. The van der Waals surface area contributed by atoms with E-state index in [1.54, 1.807) is 6.20 Å². The SMILES string of the molecule is NCC(O)c1cccc2sncc12. The number of aliphatic hydroxyl groups is 1. The number of hydrogen-bond acceptors (Lipinski definition) is 4. The minimum Gasteiger partial charge on any atom is -0.387 e. The highest BCUT2D eigenvalue weighted by Gasteiger charge is 2.09. The lowest BCUT2D eigenvalue weighted by molar-refractivity contribution is 0.188. The van der Waals surface area contributed by atoms with Gasteiger partial charge in [0, 0.05) is 18.1 Å². The molecule has 0 aliphatic carbocycles. The summed E-state index contributed by atoms with van der Waals surface area (Å²) in [6.07, 6.45) is 1.19. The van der Waals surface area contributed by atoms with Crippen LogP contribution in [-0.2, 0) is 0 Å². The van der Waals surface area contributed by atoms with Crippen LogP contribution >= 0.6 is 11.5 Å². The van der Waals surface area contributed by atoms with Gasteiger partial charge in [0.2, 0.25) is 0 Å². The molecule has 0 amide bonds. The van der Waals surface area contributed by atoms with Crippen molar-refractivity contribution in [3.05, 3.63) is 30.0 Å². The molecule has 1 aromatic carbocycles. The van der Waals surface area contributed by atoms with Crippen LogP contribution in [0.3, 0.4) is 0 Å².